The highest BCUT2D eigenvalue weighted by Crippen LogP contribution is 2.20. The molecule has 0 bridgehead atoms. The predicted molar refractivity (Wildman–Crippen MR) is 102 cm³/mol. The zero-order valence-electron chi connectivity index (χ0n) is 14.8. The van der Waals surface area contributed by atoms with E-state index in [4.69, 9.17) is 11.6 Å². The molecule has 2 aromatic rings. The van der Waals surface area contributed by atoms with E-state index in [1.165, 1.54) is 0 Å². The average molecular weight is 359 g/mol. The Balaban J connectivity index is 2.00. The average Bonchev–Trinajstić information content (AvgIpc) is 2.58. The summed E-state index contributed by atoms with van der Waals surface area (Å²) in [7, 11) is 0. The molecule has 4 nitrogen and oxygen atoms in total. The van der Waals surface area contributed by atoms with E-state index in [1.54, 1.807) is 17.0 Å². The van der Waals surface area contributed by atoms with Gasteiger partial charge in [-0.25, -0.2) is 0 Å². The third-order valence-corrected chi connectivity index (χ3v) is 4.38. The second-order valence-corrected chi connectivity index (χ2v) is 6.46. The van der Waals surface area contributed by atoms with Crippen LogP contribution in [0.15, 0.2) is 42.5 Å². The number of hydrogen-bond donors (Lipinski definition) is 1. The number of carbonyl (C=O) groups is 2. The summed E-state index contributed by atoms with van der Waals surface area (Å²) in [5.41, 5.74) is 3.65. The highest BCUT2D eigenvalue weighted by atomic mass is 35.5. The molecule has 0 aromatic heterocycles. The van der Waals surface area contributed by atoms with Gasteiger partial charge in [-0.2, -0.15) is 0 Å². The molecule has 2 rings (SSSR count). The summed E-state index contributed by atoms with van der Waals surface area (Å²) in [6, 6.07) is 13.1. The number of halogens is 1. The minimum atomic E-state index is -0.231. The van der Waals surface area contributed by atoms with Gasteiger partial charge < -0.3 is 10.2 Å². The number of anilines is 1. The molecule has 0 saturated carbocycles. The van der Waals surface area contributed by atoms with Crippen molar-refractivity contribution < 1.29 is 9.59 Å². The van der Waals surface area contributed by atoms with Gasteiger partial charge in [0, 0.05) is 17.3 Å². The van der Waals surface area contributed by atoms with Crippen LogP contribution in [0.5, 0.6) is 0 Å². The molecule has 2 amide bonds. The van der Waals surface area contributed by atoms with Crippen LogP contribution >= 0.6 is 11.6 Å². The Morgan fingerprint density at radius 2 is 1.80 bits per heavy atom. The smallest absolute Gasteiger partial charge is 0.244 e. The molecule has 0 aliphatic carbocycles. The van der Waals surface area contributed by atoms with E-state index < -0.39 is 0 Å². The van der Waals surface area contributed by atoms with Crippen molar-refractivity contribution in [2.75, 3.05) is 18.4 Å². The quantitative estimate of drug-likeness (QED) is 0.848. The summed E-state index contributed by atoms with van der Waals surface area (Å²) in [6.45, 7) is 6.24. The molecule has 0 fully saturated rings. The molecule has 0 spiro atoms. The molecule has 2 aromatic carbocycles. The number of hydrogen-bond acceptors (Lipinski definition) is 2. The van der Waals surface area contributed by atoms with Gasteiger partial charge in [0.05, 0.1) is 13.0 Å². The molecule has 0 heterocycles. The summed E-state index contributed by atoms with van der Waals surface area (Å²) < 4.78 is 0. The number of amides is 2. The van der Waals surface area contributed by atoms with Crippen molar-refractivity contribution in [2.24, 2.45) is 0 Å². The molecule has 25 heavy (non-hydrogen) atoms. The van der Waals surface area contributed by atoms with Crippen molar-refractivity contribution in [2.45, 2.75) is 27.2 Å². The fraction of sp³-hybridized carbons (Fsp3) is 0.300. The molecule has 132 valence electrons. The van der Waals surface area contributed by atoms with Crippen molar-refractivity contribution in [3.8, 4) is 0 Å². The minimum Gasteiger partial charge on any atom is -0.333 e. The lowest BCUT2D eigenvalue weighted by atomic mass is 10.1. The zero-order chi connectivity index (χ0) is 18.4. The Morgan fingerprint density at radius 3 is 2.48 bits per heavy atom. The molecular formula is C20H23ClN2O2. The predicted octanol–water partition coefficient (Wildman–Crippen LogP) is 3.99. The lowest BCUT2D eigenvalue weighted by Gasteiger charge is -2.21. The molecule has 0 saturated heterocycles. The Labute approximate surface area is 153 Å². The van der Waals surface area contributed by atoms with Gasteiger partial charge in [0.25, 0.3) is 0 Å². The molecule has 0 atom stereocenters. The van der Waals surface area contributed by atoms with Crippen molar-refractivity contribution in [3.05, 3.63) is 64.2 Å². The lowest BCUT2D eigenvalue weighted by molar-refractivity contribution is -0.133. The van der Waals surface area contributed by atoms with Gasteiger partial charge in [-0.15, -0.1) is 0 Å². The summed E-state index contributed by atoms with van der Waals surface area (Å²) in [5.74, 6) is -0.292. The Bertz CT molecular complexity index is 774. The van der Waals surface area contributed by atoms with Crippen LogP contribution in [0.1, 0.15) is 23.6 Å². The number of carbonyl (C=O) groups excluding carboxylic acids is 2. The maximum atomic E-state index is 12.5. The third-order valence-electron chi connectivity index (χ3n) is 4.15. The topological polar surface area (TPSA) is 49.4 Å². The van der Waals surface area contributed by atoms with Crippen LogP contribution in [0.3, 0.4) is 0 Å². The zero-order valence-corrected chi connectivity index (χ0v) is 15.6. The van der Waals surface area contributed by atoms with Crippen molar-refractivity contribution in [1.29, 1.82) is 0 Å². The molecular weight excluding hydrogens is 336 g/mol. The molecule has 1 N–H and O–H groups in total. The maximum absolute atomic E-state index is 12.5. The first-order valence-corrected chi connectivity index (χ1v) is 8.66. The van der Waals surface area contributed by atoms with Gasteiger partial charge in [-0.3, -0.25) is 9.59 Å². The largest absolute Gasteiger partial charge is 0.333 e. The number of nitrogens with zero attached hydrogens (tertiary/aromatic N) is 1. The van der Waals surface area contributed by atoms with Crippen molar-refractivity contribution in [3.63, 3.8) is 0 Å². The van der Waals surface area contributed by atoms with Gasteiger partial charge in [-0.1, -0.05) is 41.9 Å². The highest BCUT2D eigenvalue weighted by molar-refractivity contribution is 6.31. The van der Waals surface area contributed by atoms with Crippen molar-refractivity contribution in [1.82, 2.24) is 4.90 Å². The molecule has 0 radical (unpaired) electrons. The Kier molecular flexibility index (Phi) is 6.59. The third kappa shape index (κ3) is 5.33. The van der Waals surface area contributed by atoms with Crippen LogP contribution in [-0.4, -0.2) is 29.8 Å². The highest BCUT2D eigenvalue weighted by Gasteiger charge is 2.17. The van der Waals surface area contributed by atoms with E-state index in [0.29, 0.717) is 23.7 Å². The number of nitrogens with one attached hydrogen (secondary N) is 1. The van der Waals surface area contributed by atoms with Crippen molar-refractivity contribution >= 4 is 29.1 Å². The lowest BCUT2D eigenvalue weighted by Crippen LogP contribution is -2.38. The molecule has 0 unspecified atom stereocenters. The fourth-order valence-electron chi connectivity index (χ4n) is 2.55. The number of likely N-dealkylation sites (N-methyl/N-ethyl adjacent to an activating group) is 1. The van der Waals surface area contributed by atoms with Gasteiger partial charge in [0.1, 0.15) is 0 Å². The number of rotatable bonds is 6. The summed E-state index contributed by atoms with van der Waals surface area (Å²) in [5, 5.41) is 3.39. The summed E-state index contributed by atoms with van der Waals surface area (Å²) >= 11 is 5.97. The first-order chi connectivity index (χ1) is 11.9. The molecule has 5 heteroatoms. The number of aryl methyl sites for hydroxylation is 2. The normalized spacial score (nSPS) is 10.4. The van der Waals surface area contributed by atoms with Crippen LogP contribution < -0.4 is 5.32 Å². The van der Waals surface area contributed by atoms with Crippen LogP contribution in [0.4, 0.5) is 5.69 Å². The molecule has 0 aliphatic rings. The van der Waals surface area contributed by atoms with Gasteiger partial charge in [-0.05, 0) is 49.6 Å². The molecule has 0 aliphatic heterocycles. The first-order valence-electron chi connectivity index (χ1n) is 8.29. The minimum absolute atomic E-state index is 0.0210. The second kappa shape index (κ2) is 8.67. The standard InChI is InChI=1S/C20H23ClN2O2/c1-4-23(20(25)11-16-8-6-5-7-14(16)2)13-19(24)22-18-12-17(21)10-9-15(18)3/h5-10,12H,4,11,13H2,1-3H3,(H,22,24). The fourth-order valence-corrected chi connectivity index (χ4v) is 2.72. The number of benzene rings is 2. The Morgan fingerprint density at radius 1 is 1.08 bits per heavy atom. The van der Waals surface area contributed by atoms with Gasteiger partial charge >= 0.3 is 0 Å². The van der Waals surface area contributed by atoms with E-state index in [9.17, 15) is 9.59 Å². The van der Waals surface area contributed by atoms with Crippen LogP contribution in [0.2, 0.25) is 5.02 Å². The SMILES string of the molecule is CCN(CC(=O)Nc1cc(Cl)ccc1C)C(=O)Cc1ccccc1C. The monoisotopic (exact) mass is 358 g/mol. The summed E-state index contributed by atoms with van der Waals surface area (Å²) in [6.07, 6.45) is 0.296. The van der Waals surface area contributed by atoms with Crippen LogP contribution in [-0.2, 0) is 16.0 Å². The van der Waals surface area contributed by atoms with E-state index in [1.807, 2.05) is 51.1 Å². The van der Waals surface area contributed by atoms with E-state index >= 15 is 0 Å². The van der Waals surface area contributed by atoms with E-state index in [0.717, 1.165) is 16.7 Å². The second-order valence-electron chi connectivity index (χ2n) is 6.02. The van der Waals surface area contributed by atoms with E-state index in [-0.39, 0.29) is 18.4 Å². The van der Waals surface area contributed by atoms with Crippen LogP contribution in [0.25, 0.3) is 0 Å². The van der Waals surface area contributed by atoms with Gasteiger partial charge in [0.15, 0.2) is 0 Å². The summed E-state index contributed by atoms with van der Waals surface area (Å²) in [4.78, 5) is 26.4. The van der Waals surface area contributed by atoms with Gasteiger partial charge in [0.2, 0.25) is 11.8 Å². The van der Waals surface area contributed by atoms with E-state index in [2.05, 4.69) is 5.32 Å². The van der Waals surface area contributed by atoms with Crippen LogP contribution in [0, 0.1) is 13.8 Å². The first kappa shape index (κ1) is 19.0. The maximum Gasteiger partial charge on any atom is 0.244 e. The Hall–Kier alpha value is -2.33.